The zero-order valence-electron chi connectivity index (χ0n) is 14.0. The van der Waals surface area contributed by atoms with Crippen molar-refractivity contribution in [2.24, 2.45) is 5.10 Å². The second kappa shape index (κ2) is 6.62. The summed E-state index contributed by atoms with van der Waals surface area (Å²) < 4.78 is 2.82. The molecule has 0 aliphatic carbocycles. The third-order valence-electron chi connectivity index (χ3n) is 3.77. The van der Waals surface area contributed by atoms with Gasteiger partial charge in [-0.05, 0) is 24.3 Å². The molecular formula is C18H14BrN5OS. The fourth-order valence-electron chi connectivity index (χ4n) is 2.53. The first-order chi connectivity index (χ1) is 12.5. The molecule has 4 aromatic rings. The maximum atomic E-state index is 12.7. The summed E-state index contributed by atoms with van der Waals surface area (Å²) >= 11 is 4.78. The third-order valence-corrected chi connectivity index (χ3v) is 5.38. The molecule has 0 unspecified atom stereocenters. The van der Waals surface area contributed by atoms with Gasteiger partial charge in [0.15, 0.2) is 0 Å². The van der Waals surface area contributed by atoms with Crippen LogP contribution in [0.3, 0.4) is 0 Å². The maximum absolute atomic E-state index is 12.7. The van der Waals surface area contributed by atoms with Crippen molar-refractivity contribution in [3.63, 3.8) is 0 Å². The van der Waals surface area contributed by atoms with E-state index < -0.39 is 0 Å². The molecule has 0 bridgehead atoms. The van der Waals surface area contributed by atoms with E-state index in [1.807, 2.05) is 50.5 Å². The molecule has 0 radical (unpaired) electrons. The highest BCUT2D eigenvalue weighted by Gasteiger charge is 2.13. The molecule has 0 aliphatic heterocycles. The first-order valence-corrected chi connectivity index (χ1v) is 9.41. The van der Waals surface area contributed by atoms with Crippen LogP contribution in [0.5, 0.6) is 0 Å². The lowest BCUT2D eigenvalue weighted by Crippen LogP contribution is -2.18. The molecule has 0 saturated carbocycles. The molecule has 130 valence electrons. The van der Waals surface area contributed by atoms with Crippen LogP contribution in [0, 0.1) is 0 Å². The average molecular weight is 428 g/mol. The van der Waals surface area contributed by atoms with E-state index in [9.17, 15) is 4.79 Å². The van der Waals surface area contributed by atoms with Gasteiger partial charge in [0.25, 0.3) is 5.56 Å². The van der Waals surface area contributed by atoms with E-state index in [0.29, 0.717) is 10.2 Å². The van der Waals surface area contributed by atoms with Crippen LogP contribution in [0.25, 0.3) is 31.7 Å². The third kappa shape index (κ3) is 3.02. The standard InChI is InChI=1S/C18H14BrN5OS/c1-23(2)10-21-24-9-20-15-13-7-8-14(11-3-5-12(19)6-4-11)22-17(13)26-16(15)18(24)25/h3-10H,1-2H3/b21-10+. The molecule has 0 aliphatic rings. The Hall–Kier alpha value is -2.58. The van der Waals surface area contributed by atoms with Crippen molar-refractivity contribution in [2.45, 2.75) is 0 Å². The Balaban J connectivity index is 1.86. The maximum Gasteiger partial charge on any atom is 0.292 e. The first kappa shape index (κ1) is 16.9. The molecule has 0 fully saturated rings. The van der Waals surface area contributed by atoms with Crippen molar-refractivity contribution in [2.75, 3.05) is 14.1 Å². The molecule has 0 amide bonds. The van der Waals surface area contributed by atoms with Gasteiger partial charge in [-0.25, -0.2) is 9.97 Å². The summed E-state index contributed by atoms with van der Waals surface area (Å²) in [7, 11) is 3.68. The number of thiophene rings is 1. The fraction of sp³-hybridized carbons (Fsp3) is 0.111. The summed E-state index contributed by atoms with van der Waals surface area (Å²) in [6.45, 7) is 0. The van der Waals surface area contributed by atoms with Crippen molar-refractivity contribution in [3.05, 3.63) is 57.6 Å². The van der Waals surface area contributed by atoms with Crippen molar-refractivity contribution < 1.29 is 0 Å². The highest BCUT2D eigenvalue weighted by atomic mass is 79.9. The summed E-state index contributed by atoms with van der Waals surface area (Å²) in [4.78, 5) is 24.4. The zero-order valence-corrected chi connectivity index (χ0v) is 16.5. The molecule has 0 spiro atoms. The first-order valence-electron chi connectivity index (χ1n) is 7.81. The Kier molecular flexibility index (Phi) is 4.29. The molecule has 6 nitrogen and oxygen atoms in total. The molecule has 26 heavy (non-hydrogen) atoms. The number of rotatable bonds is 3. The summed E-state index contributed by atoms with van der Waals surface area (Å²) in [5.74, 6) is 0. The Labute approximate surface area is 161 Å². The highest BCUT2D eigenvalue weighted by Crippen LogP contribution is 2.31. The fourth-order valence-corrected chi connectivity index (χ4v) is 3.85. The number of hydrogen-bond donors (Lipinski definition) is 0. The van der Waals surface area contributed by atoms with E-state index in [2.05, 4.69) is 26.0 Å². The molecule has 0 atom stereocenters. The molecule has 0 saturated heterocycles. The average Bonchev–Trinajstić information content (AvgIpc) is 3.00. The monoisotopic (exact) mass is 427 g/mol. The topological polar surface area (TPSA) is 63.4 Å². The van der Waals surface area contributed by atoms with Crippen LogP contribution < -0.4 is 5.56 Å². The van der Waals surface area contributed by atoms with Gasteiger partial charge in [0.2, 0.25) is 0 Å². The van der Waals surface area contributed by atoms with Gasteiger partial charge < -0.3 is 4.90 Å². The van der Waals surface area contributed by atoms with Crippen LogP contribution in [0.4, 0.5) is 0 Å². The lowest BCUT2D eigenvalue weighted by Gasteiger charge is -2.03. The molecule has 3 aromatic heterocycles. The number of hydrogen-bond acceptors (Lipinski definition) is 5. The second-order valence-electron chi connectivity index (χ2n) is 5.92. The summed E-state index contributed by atoms with van der Waals surface area (Å²) in [5.41, 5.74) is 2.36. The van der Waals surface area contributed by atoms with E-state index in [1.165, 1.54) is 22.3 Å². The van der Waals surface area contributed by atoms with Gasteiger partial charge in [-0.1, -0.05) is 28.1 Å². The Morgan fingerprint density at radius 3 is 2.69 bits per heavy atom. The van der Waals surface area contributed by atoms with Crippen LogP contribution in [-0.2, 0) is 0 Å². The smallest absolute Gasteiger partial charge is 0.292 e. The van der Waals surface area contributed by atoms with Crippen LogP contribution in [0.15, 0.2) is 57.1 Å². The van der Waals surface area contributed by atoms with Crippen LogP contribution in [-0.4, -0.2) is 40.0 Å². The number of pyridine rings is 1. The van der Waals surface area contributed by atoms with E-state index in [4.69, 9.17) is 4.98 Å². The van der Waals surface area contributed by atoms with Gasteiger partial charge in [0.1, 0.15) is 22.2 Å². The number of benzene rings is 1. The molecule has 3 heterocycles. The summed E-state index contributed by atoms with van der Waals surface area (Å²) in [5, 5.41) is 5.00. The van der Waals surface area contributed by atoms with Gasteiger partial charge in [0, 0.05) is 29.5 Å². The summed E-state index contributed by atoms with van der Waals surface area (Å²) in [6, 6.07) is 11.9. The predicted molar refractivity (Wildman–Crippen MR) is 110 cm³/mol. The second-order valence-corrected chi connectivity index (χ2v) is 7.84. The number of fused-ring (bicyclic) bond motifs is 3. The zero-order chi connectivity index (χ0) is 18.3. The molecule has 4 rings (SSSR count). The minimum Gasteiger partial charge on any atom is -0.367 e. The number of halogens is 1. The van der Waals surface area contributed by atoms with Crippen molar-refractivity contribution >= 4 is 54.0 Å². The van der Waals surface area contributed by atoms with E-state index >= 15 is 0 Å². The van der Waals surface area contributed by atoms with E-state index in [-0.39, 0.29) is 5.56 Å². The number of nitrogens with zero attached hydrogens (tertiary/aromatic N) is 5. The van der Waals surface area contributed by atoms with Gasteiger partial charge in [-0.2, -0.15) is 9.78 Å². The Bertz CT molecular complexity index is 1190. The van der Waals surface area contributed by atoms with Crippen LogP contribution >= 0.6 is 27.3 Å². The lowest BCUT2D eigenvalue weighted by atomic mass is 10.1. The van der Waals surface area contributed by atoms with Crippen molar-refractivity contribution in [3.8, 4) is 11.3 Å². The van der Waals surface area contributed by atoms with Crippen LogP contribution in [0.2, 0.25) is 0 Å². The van der Waals surface area contributed by atoms with E-state index in [0.717, 1.165) is 25.9 Å². The molecular weight excluding hydrogens is 414 g/mol. The Morgan fingerprint density at radius 1 is 1.19 bits per heavy atom. The lowest BCUT2D eigenvalue weighted by molar-refractivity contribution is 0.629. The largest absolute Gasteiger partial charge is 0.367 e. The SMILES string of the molecule is CN(C)/C=N/n1cnc2c(sc3nc(-c4ccc(Br)cc4)ccc32)c1=O. The minimum atomic E-state index is -0.193. The van der Waals surface area contributed by atoms with Crippen molar-refractivity contribution in [1.82, 2.24) is 19.5 Å². The molecule has 8 heteroatoms. The van der Waals surface area contributed by atoms with Gasteiger partial charge in [0.05, 0.1) is 11.2 Å². The quantitative estimate of drug-likeness (QED) is 0.368. The van der Waals surface area contributed by atoms with Crippen molar-refractivity contribution in [1.29, 1.82) is 0 Å². The van der Waals surface area contributed by atoms with Crippen LogP contribution in [0.1, 0.15) is 0 Å². The molecule has 0 N–H and O–H groups in total. The predicted octanol–water partition coefficient (Wildman–Crippen LogP) is 3.79. The van der Waals surface area contributed by atoms with E-state index in [1.54, 1.807) is 11.2 Å². The Morgan fingerprint density at radius 2 is 1.96 bits per heavy atom. The normalized spacial score (nSPS) is 11.7. The van der Waals surface area contributed by atoms with Gasteiger partial charge >= 0.3 is 0 Å². The molecule has 1 aromatic carbocycles. The summed E-state index contributed by atoms with van der Waals surface area (Å²) in [6.07, 6.45) is 3.01. The highest BCUT2D eigenvalue weighted by molar-refractivity contribution is 9.10. The van der Waals surface area contributed by atoms with Gasteiger partial charge in [-0.15, -0.1) is 11.3 Å². The minimum absolute atomic E-state index is 0.193. The number of aromatic nitrogens is 3. The van der Waals surface area contributed by atoms with Gasteiger partial charge in [-0.3, -0.25) is 4.79 Å².